The third-order valence-electron chi connectivity index (χ3n) is 6.35. The third-order valence-corrected chi connectivity index (χ3v) is 8.98. The quantitative estimate of drug-likeness (QED) is 0.142. The van der Waals surface area contributed by atoms with Crippen molar-refractivity contribution in [3.05, 3.63) is 117 Å². The normalized spacial score (nSPS) is 11.4. The first-order valence-electron chi connectivity index (χ1n) is 12.8. The molecule has 42 heavy (non-hydrogen) atoms. The van der Waals surface area contributed by atoms with Crippen LogP contribution in [-0.2, 0) is 21.4 Å². The maximum Gasteiger partial charge on any atom is 0.264 e. The fraction of sp³-hybridized carbons (Fsp3) is 0.161. The van der Waals surface area contributed by atoms with Crippen molar-refractivity contribution in [2.75, 3.05) is 18.0 Å². The third kappa shape index (κ3) is 7.70. The van der Waals surface area contributed by atoms with Gasteiger partial charge in [0.1, 0.15) is 13.2 Å². The molecule has 0 aliphatic carbocycles. The summed E-state index contributed by atoms with van der Waals surface area (Å²) in [6, 6.07) is 24.2. The van der Waals surface area contributed by atoms with E-state index in [1.165, 1.54) is 37.6 Å². The molecule has 0 heterocycles. The molecule has 4 rings (SSSR count). The van der Waals surface area contributed by atoms with E-state index < -0.39 is 22.5 Å². The molecule has 0 aliphatic rings. The molecule has 0 spiro atoms. The molecular weight excluding hydrogens is 642 g/mol. The topological polar surface area (TPSA) is 97.3 Å². The van der Waals surface area contributed by atoms with E-state index in [0.717, 1.165) is 21.0 Å². The molecule has 0 radical (unpaired) electrons. The Hall–Kier alpha value is -3.86. The summed E-state index contributed by atoms with van der Waals surface area (Å²) >= 11 is 9.48. The number of nitrogens with one attached hydrogen (secondary N) is 1. The molecule has 1 N–H and O–H groups in total. The van der Waals surface area contributed by atoms with Crippen molar-refractivity contribution in [2.45, 2.75) is 25.3 Å². The minimum Gasteiger partial charge on any atom is -0.493 e. The highest BCUT2D eigenvalue weighted by atomic mass is 79.9. The van der Waals surface area contributed by atoms with Crippen LogP contribution in [0, 0.1) is 13.8 Å². The van der Waals surface area contributed by atoms with Gasteiger partial charge in [0.25, 0.3) is 15.9 Å². The molecule has 0 aliphatic heterocycles. The van der Waals surface area contributed by atoms with E-state index >= 15 is 0 Å². The molecule has 0 bridgehead atoms. The molecule has 0 aromatic heterocycles. The largest absolute Gasteiger partial charge is 0.493 e. The van der Waals surface area contributed by atoms with Crippen LogP contribution in [0.25, 0.3) is 0 Å². The van der Waals surface area contributed by atoms with Crippen molar-refractivity contribution in [2.24, 2.45) is 5.10 Å². The molecule has 4 aromatic rings. The van der Waals surface area contributed by atoms with Gasteiger partial charge in [-0.2, -0.15) is 5.10 Å². The zero-order chi connectivity index (χ0) is 30.3. The number of anilines is 1. The second kappa shape index (κ2) is 13.9. The SMILES string of the molecule is COc1cc(/C=N\NC(=O)CN(c2ccc(C)c(C)c2)S(=O)(=O)c2ccc(Cl)cc2)cc(Br)c1OCc1ccccc1. The van der Waals surface area contributed by atoms with Crippen molar-refractivity contribution in [3.8, 4) is 11.5 Å². The number of nitrogens with zero attached hydrogens (tertiary/aromatic N) is 2. The average Bonchev–Trinajstić information content (AvgIpc) is 2.97. The summed E-state index contributed by atoms with van der Waals surface area (Å²) in [5.41, 5.74) is 6.28. The highest BCUT2D eigenvalue weighted by molar-refractivity contribution is 9.10. The van der Waals surface area contributed by atoms with Gasteiger partial charge in [0.05, 0.1) is 28.4 Å². The van der Waals surface area contributed by atoms with Crippen LogP contribution in [0.3, 0.4) is 0 Å². The lowest BCUT2D eigenvalue weighted by molar-refractivity contribution is -0.119. The van der Waals surface area contributed by atoms with Gasteiger partial charge in [-0.25, -0.2) is 13.8 Å². The van der Waals surface area contributed by atoms with Gasteiger partial charge in [0, 0.05) is 5.02 Å². The Labute approximate surface area is 259 Å². The first kappa shape index (κ1) is 31.1. The standard InChI is InChI=1S/C31H29BrClN3O5S/c1-21-9-12-26(15-22(21)2)36(42(38,39)27-13-10-25(33)11-14-27)19-30(37)35-34-18-24-16-28(32)31(29(17-24)40-3)41-20-23-7-5-4-6-8-23/h4-18H,19-20H2,1-3H3,(H,35,37)/b34-18-. The Morgan fingerprint density at radius 2 is 1.71 bits per heavy atom. The predicted molar refractivity (Wildman–Crippen MR) is 169 cm³/mol. The molecule has 0 unspecified atom stereocenters. The average molecular weight is 671 g/mol. The zero-order valence-electron chi connectivity index (χ0n) is 23.2. The number of ether oxygens (including phenoxy) is 2. The molecular formula is C31H29BrClN3O5S. The van der Waals surface area contributed by atoms with E-state index in [4.69, 9.17) is 21.1 Å². The minimum absolute atomic E-state index is 0.00736. The van der Waals surface area contributed by atoms with Gasteiger partial charge in [0.2, 0.25) is 0 Å². The van der Waals surface area contributed by atoms with Crippen molar-refractivity contribution < 1.29 is 22.7 Å². The number of hydrogen-bond donors (Lipinski definition) is 1. The first-order chi connectivity index (χ1) is 20.1. The molecule has 0 fully saturated rings. The van der Waals surface area contributed by atoms with Crippen molar-refractivity contribution in [3.63, 3.8) is 0 Å². The summed E-state index contributed by atoms with van der Waals surface area (Å²) in [6.07, 6.45) is 1.43. The Kier molecular flexibility index (Phi) is 10.3. The van der Waals surface area contributed by atoms with Crippen LogP contribution in [0.15, 0.2) is 99.4 Å². The fourth-order valence-corrected chi connectivity index (χ4v) is 6.07. The molecule has 218 valence electrons. The van der Waals surface area contributed by atoms with E-state index in [0.29, 0.717) is 38.9 Å². The lowest BCUT2D eigenvalue weighted by atomic mass is 10.1. The highest BCUT2D eigenvalue weighted by Gasteiger charge is 2.27. The smallest absolute Gasteiger partial charge is 0.264 e. The maximum atomic E-state index is 13.6. The van der Waals surface area contributed by atoms with E-state index in [9.17, 15) is 13.2 Å². The monoisotopic (exact) mass is 669 g/mol. The lowest BCUT2D eigenvalue weighted by Crippen LogP contribution is -2.39. The number of benzene rings is 4. The molecule has 4 aromatic carbocycles. The fourth-order valence-electron chi connectivity index (χ4n) is 3.96. The van der Waals surface area contributed by atoms with Crippen LogP contribution < -0.4 is 19.2 Å². The van der Waals surface area contributed by atoms with E-state index in [1.807, 2.05) is 50.2 Å². The van der Waals surface area contributed by atoms with Crippen LogP contribution in [0.5, 0.6) is 11.5 Å². The van der Waals surface area contributed by atoms with Crippen molar-refractivity contribution >= 4 is 55.4 Å². The number of hydrazone groups is 1. The van der Waals surface area contributed by atoms with E-state index in [1.54, 1.807) is 24.3 Å². The minimum atomic E-state index is -4.09. The number of halogens is 2. The Balaban J connectivity index is 1.51. The van der Waals surface area contributed by atoms with Gasteiger partial charge in [0.15, 0.2) is 11.5 Å². The Bertz CT molecular complexity index is 1700. The summed E-state index contributed by atoms with van der Waals surface area (Å²) in [7, 11) is -2.56. The van der Waals surface area contributed by atoms with Gasteiger partial charge in [-0.15, -0.1) is 0 Å². The van der Waals surface area contributed by atoms with Gasteiger partial charge in [-0.05, 0) is 101 Å². The zero-order valence-corrected chi connectivity index (χ0v) is 26.3. The lowest BCUT2D eigenvalue weighted by Gasteiger charge is -2.24. The number of amides is 1. The molecule has 0 saturated carbocycles. The molecule has 1 amide bonds. The number of carbonyl (C=O) groups excluding carboxylic acids is 1. The summed E-state index contributed by atoms with van der Waals surface area (Å²) in [6.45, 7) is 3.66. The number of aryl methyl sites for hydroxylation is 2. The Morgan fingerprint density at radius 3 is 2.38 bits per heavy atom. The van der Waals surface area contributed by atoms with Crippen LogP contribution in [0.2, 0.25) is 5.02 Å². The van der Waals surface area contributed by atoms with Gasteiger partial charge in [-0.3, -0.25) is 9.10 Å². The van der Waals surface area contributed by atoms with Gasteiger partial charge < -0.3 is 9.47 Å². The van der Waals surface area contributed by atoms with E-state index in [2.05, 4.69) is 26.5 Å². The van der Waals surface area contributed by atoms with Gasteiger partial charge >= 0.3 is 0 Å². The van der Waals surface area contributed by atoms with E-state index in [-0.39, 0.29) is 4.90 Å². The number of rotatable bonds is 11. The van der Waals surface area contributed by atoms with Crippen LogP contribution in [-0.4, -0.2) is 34.2 Å². The summed E-state index contributed by atoms with van der Waals surface area (Å²) in [4.78, 5) is 13.0. The number of carbonyl (C=O) groups is 1. The predicted octanol–water partition coefficient (Wildman–Crippen LogP) is 6.65. The summed E-state index contributed by atoms with van der Waals surface area (Å²) < 4.78 is 40.3. The second-order valence-corrected chi connectivity index (χ2v) is 12.5. The van der Waals surface area contributed by atoms with Crippen LogP contribution in [0.1, 0.15) is 22.3 Å². The summed E-state index contributed by atoms with van der Waals surface area (Å²) in [5, 5.41) is 4.45. The number of sulfonamides is 1. The maximum absolute atomic E-state index is 13.6. The second-order valence-electron chi connectivity index (χ2n) is 9.34. The molecule has 11 heteroatoms. The Morgan fingerprint density at radius 1 is 1.00 bits per heavy atom. The number of hydrogen-bond acceptors (Lipinski definition) is 6. The molecule has 8 nitrogen and oxygen atoms in total. The highest BCUT2D eigenvalue weighted by Crippen LogP contribution is 2.37. The van der Waals surface area contributed by atoms with Gasteiger partial charge in [-0.1, -0.05) is 48.0 Å². The molecule has 0 saturated heterocycles. The first-order valence-corrected chi connectivity index (χ1v) is 15.4. The number of methoxy groups -OCH3 is 1. The van der Waals surface area contributed by atoms with Crippen molar-refractivity contribution in [1.29, 1.82) is 0 Å². The molecule has 0 atom stereocenters. The summed E-state index contributed by atoms with van der Waals surface area (Å²) in [5.74, 6) is 0.373. The van der Waals surface area contributed by atoms with Crippen LogP contribution >= 0.6 is 27.5 Å². The van der Waals surface area contributed by atoms with Crippen molar-refractivity contribution in [1.82, 2.24) is 5.43 Å². The van der Waals surface area contributed by atoms with Crippen LogP contribution in [0.4, 0.5) is 5.69 Å².